The Balaban J connectivity index is 1.50. The first kappa shape index (κ1) is 23.3. The van der Waals surface area contributed by atoms with Gasteiger partial charge in [-0.05, 0) is 72.7 Å². The van der Waals surface area contributed by atoms with Crippen molar-refractivity contribution in [2.45, 2.75) is 38.9 Å². The van der Waals surface area contributed by atoms with Gasteiger partial charge >= 0.3 is 6.03 Å². The Kier molecular flexibility index (Phi) is 7.30. The number of hydrogen-bond donors (Lipinski definition) is 1. The Labute approximate surface area is 201 Å². The summed E-state index contributed by atoms with van der Waals surface area (Å²) < 4.78 is 13.4. The Morgan fingerprint density at radius 3 is 2.52 bits per heavy atom. The Morgan fingerprint density at radius 1 is 1.12 bits per heavy atom. The van der Waals surface area contributed by atoms with E-state index >= 15 is 0 Å². The molecule has 5 nitrogen and oxygen atoms in total. The lowest BCUT2D eigenvalue weighted by Crippen LogP contribution is -2.45. The molecule has 33 heavy (non-hydrogen) atoms. The fourth-order valence-corrected chi connectivity index (χ4v) is 4.65. The highest BCUT2D eigenvalue weighted by Crippen LogP contribution is 2.28. The normalized spacial score (nSPS) is 12.9. The van der Waals surface area contributed by atoms with Crippen molar-refractivity contribution in [2.24, 2.45) is 0 Å². The third-order valence-electron chi connectivity index (χ3n) is 5.57. The molecule has 0 aliphatic heterocycles. The average Bonchev–Trinajstić information content (AvgIpc) is 3.55. The number of aryl methyl sites for hydroxylation is 1. The van der Waals surface area contributed by atoms with Crippen molar-refractivity contribution >= 4 is 40.6 Å². The first-order valence-electron chi connectivity index (χ1n) is 10.8. The number of urea groups is 1. The van der Waals surface area contributed by atoms with Crippen molar-refractivity contribution in [1.82, 2.24) is 9.80 Å². The summed E-state index contributed by atoms with van der Waals surface area (Å²) in [7, 11) is 0. The van der Waals surface area contributed by atoms with Gasteiger partial charge in [-0.3, -0.25) is 4.79 Å². The van der Waals surface area contributed by atoms with Crippen LogP contribution in [0.1, 0.15) is 28.8 Å². The summed E-state index contributed by atoms with van der Waals surface area (Å²) in [4.78, 5) is 30.8. The van der Waals surface area contributed by atoms with Gasteiger partial charge in [0.15, 0.2) is 0 Å². The van der Waals surface area contributed by atoms with Gasteiger partial charge in [0.25, 0.3) is 0 Å². The lowest BCUT2D eigenvalue weighted by atomic mass is 10.2. The number of thiophene rings is 1. The highest BCUT2D eigenvalue weighted by atomic mass is 35.5. The van der Waals surface area contributed by atoms with Crippen molar-refractivity contribution in [2.75, 3.05) is 11.9 Å². The largest absolute Gasteiger partial charge is 0.332 e. The topological polar surface area (TPSA) is 52.7 Å². The molecule has 0 spiro atoms. The van der Waals surface area contributed by atoms with E-state index in [1.807, 2.05) is 18.4 Å². The molecule has 1 fully saturated rings. The molecule has 1 heterocycles. The standard InChI is InChI=1S/C25H25ClFN3O2S/c1-17-11-12-33-23(17)15-29(14-18-5-7-20(27)8-6-18)24(31)16-30(22-9-10-22)25(32)28-21-4-2-3-19(26)13-21/h2-8,11-13,22H,9-10,14-16H2,1H3,(H,28,32). The third-order valence-corrected chi connectivity index (χ3v) is 6.81. The summed E-state index contributed by atoms with van der Waals surface area (Å²) in [5.41, 5.74) is 2.54. The number of rotatable bonds is 8. The van der Waals surface area contributed by atoms with Crippen LogP contribution in [0.5, 0.6) is 0 Å². The van der Waals surface area contributed by atoms with E-state index in [4.69, 9.17) is 11.6 Å². The van der Waals surface area contributed by atoms with E-state index < -0.39 is 0 Å². The molecule has 3 aromatic rings. The van der Waals surface area contributed by atoms with Crippen LogP contribution < -0.4 is 5.32 Å². The molecule has 1 aliphatic rings. The van der Waals surface area contributed by atoms with Gasteiger partial charge in [-0.1, -0.05) is 29.8 Å². The molecule has 1 aromatic heterocycles. The van der Waals surface area contributed by atoms with E-state index in [2.05, 4.69) is 5.32 Å². The number of nitrogens with zero attached hydrogens (tertiary/aromatic N) is 2. The van der Waals surface area contributed by atoms with E-state index in [9.17, 15) is 14.0 Å². The zero-order valence-corrected chi connectivity index (χ0v) is 19.8. The molecule has 1 N–H and O–H groups in total. The van der Waals surface area contributed by atoms with Crippen LogP contribution in [-0.2, 0) is 17.9 Å². The summed E-state index contributed by atoms with van der Waals surface area (Å²) in [6.45, 7) is 2.77. The molecule has 172 valence electrons. The average molecular weight is 486 g/mol. The molecule has 0 atom stereocenters. The van der Waals surface area contributed by atoms with Gasteiger partial charge in [0.1, 0.15) is 12.4 Å². The van der Waals surface area contributed by atoms with Crippen LogP contribution in [-0.4, -0.2) is 34.3 Å². The van der Waals surface area contributed by atoms with Gasteiger partial charge in [-0.15, -0.1) is 11.3 Å². The van der Waals surface area contributed by atoms with Gasteiger partial charge in [0.05, 0.1) is 6.54 Å². The lowest BCUT2D eigenvalue weighted by Gasteiger charge is -2.28. The second-order valence-electron chi connectivity index (χ2n) is 8.20. The van der Waals surface area contributed by atoms with Gasteiger partial charge in [-0.25, -0.2) is 9.18 Å². The summed E-state index contributed by atoms with van der Waals surface area (Å²) in [5, 5.41) is 5.38. The Hall–Kier alpha value is -2.90. The van der Waals surface area contributed by atoms with Gasteiger partial charge in [-0.2, -0.15) is 0 Å². The smallest absolute Gasteiger partial charge is 0.322 e. The maximum atomic E-state index is 13.4. The maximum Gasteiger partial charge on any atom is 0.322 e. The fourth-order valence-electron chi connectivity index (χ4n) is 3.54. The monoisotopic (exact) mass is 485 g/mol. The zero-order valence-electron chi connectivity index (χ0n) is 18.3. The van der Waals surface area contributed by atoms with E-state index in [-0.39, 0.29) is 30.3 Å². The van der Waals surface area contributed by atoms with Gasteiger partial charge in [0.2, 0.25) is 5.91 Å². The van der Waals surface area contributed by atoms with Crippen molar-refractivity contribution in [1.29, 1.82) is 0 Å². The van der Waals surface area contributed by atoms with Crippen molar-refractivity contribution in [3.8, 4) is 0 Å². The van der Waals surface area contributed by atoms with Crippen molar-refractivity contribution in [3.05, 3.63) is 86.8 Å². The molecule has 1 saturated carbocycles. The molecular weight excluding hydrogens is 461 g/mol. The number of halogens is 2. The van der Waals surface area contributed by atoms with Gasteiger partial charge in [0, 0.05) is 28.2 Å². The third kappa shape index (κ3) is 6.33. The Bertz CT molecular complexity index is 1130. The van der Waals surface area contributed by atoms with Crippen LogP contribution in [0.3, 0.4) is 0 Å². The number of benzene rings is 2. The molecule has 4 rings (SSSR count). The number of amides is 3. The first-order chi connectivity index (χ1) is 15.9. The van der Waals surface area contributed by atoms with Crippen LogP contribution in [0.2, 0.25) is 5.02 Å². The van der Waals surface area contributed by atoms with E-state index in [0.29, 0.717) is 23.8 Å². The molecule has 0 bridgehead atoms. The van der Waals surface area contributed by atoms with E-state index in [1.165, 1.54) is 12.1 Å². The number of carbonyl (C=O) groups is 2. The number of nitrogens with one attached hydrogen (secondary N) is 1. The number of carbonyl (C=O) groups excluding carboxylic acids is 2. The molecule has 0 radical (unpaired) electrons. The molecule has 0 unspecified atom stereocenters. The molecule has 0 saturated heterocycles. The second kappa shape index (κ2) is 10.4. The van der Waals surface area contributed by atoms with E-state index in [0.717, 1.165) is 28.8 Å². The second-order valence-corrected chi connectivity index (χ2v) is 9.64. The van der Waals surface area contributed by atoms with E-state index in [1.54, 1.807) is 57.5 Å². The lowest BCUT2D eigenvalue weighted by molar-refractivity contribution is -0.133. The fraction of sp³-hybridized carbons (Fsp3) is 0.280. The van der Waals surface area contributed by atoms with Gasteiger partial charge < -0.3 is 15.1 Å². The summed E-state index contributed by atoms with van der Waals surface area (Å²) in [5.74, 6) is -0.469. The summed E-state index contributed by atoms with van der Waals surface area (Å²) in [6, 6.07) is 14.8. The Morgan fingerprint density at radius 2 is 1.88 bits per heavy atom. The van der Waals surface area contributed by atoms with Crippen LogP contribution in [0, 0.1) is 12.7 Å². The van der Waals surface area contributed by atoms with Crippen molar-refractivity contribution in [3.63, 3.8) is 0 Å². The molecule has 8 heteroatoms. The molecule has 1 aliphatic carbocycles. The predicted octanol–water partition coefficient (Wildman–Crippen LogP) is 6.07. The number of hydrogen-bond acceptors (Lipinski definition) is 3. The van der Waals surface area contributed by atoms with Crippen molar-refractivity contribution < 1.29 is 14.0 Å². The predicted molar refractivity (Wildman–Crippen MR) is 130 cm³/mol. The zero-order chi connectivity index (χ0) is 23.4. The molecular formula is C25H25ClFN3O2S. The first-order valence-corrected chi connectivity index (χ1v) is 12.0. The highest BCUT2D eigenvalue weighted by Gasteiger charge is 2.35. The minimum atomic E-state index is -0.317. The minimum absolute atomic E-state index is 0.0251. The number of anilines is 1. The molecule has 2 aromatic carbocycles. The van der Waals surface area contributed by atoms with Crippen LogP contribution >= 0.6 is 22.9 Å². The molecule has 3 amide bonds. The van der Waals surface area contributed by atoms with Crippen LogP contribution in [0.15, 0.2) is 60.0 Å². The quantitative estimate of drug-likeness (QED) is 0.420. The maximum absolute atomic E-state index is 13.4. The van der Waals surface area contributed by atoms with Crippen LogP contribution in [0.25, 0.3) is 0 Å². The van der Waals surface area contributed by atoms with Crippen LogP contribution in [0.4, 0.5) is 14.9 Å². The minimum Gasteiger partial charge on any atom is -0.332 e. The summed E-state index contributed by atoms with van der Waals surface area (Å²) >= 11 is 7.62. The summed E-state index contributed by atoms with van der Waals surface area (Å²) in [6.07, 6.45) is 1.75. The highest BCUT2D eigenvalue weighted by molar-refractivity contribution is 7.10. The SMILES string of the molecule is Cc1ccsc1CN(Cc1ccc(F)cc1)C(=O)CN(C(=O)Nc1cccc(Cl)c1)C1CC1.